The number of nitrogens with zero attached hydrogens (tertiary/aromatic N) is 1. The van der Waals surface area contributed by atoms with Crippen LogP contribution in [0.3, 0.4) is 0 Å². The molecule has 0 unspecified atom stereocenters. The molecule has 0 fully saturated rings. The SMILES string of the molecule is COc1cc(OC)cc(C(=O)NCCN(c2ccc(C)cc2)S(C)(=O)=O)c1. The molecule has 0 bridgehead atoms. The quantitative estimate of drug-likeness (QED) is 0.745. The first-order chi connectivity index (χ1) is 12.7. The lowest BCUT2D eigenvalue weighted by atomic mass is 10.2. The first-order valence-corrected chi connectivity index (χ1v) is 10.1. The summed E-state index contributed by atoms with van der Waals surface area (Å²) in [7, 11) is -0.469. The van der Waals surface area contributed by atoms with Crippen LogP contribution in [0, 0.1) is 6.92 Å². The van der Waals surface area contributed by atoms with Gasteiger partial charge in [0.05, 0.1) is 32.7 Å². The lowest BCUT2D eigenvalue weighted by molar-refractivity contribution is 0.0954. The molecule has 1 N–H and O–H groups in total. The molecule has 2 rings (SSSR count). The predicted molar refractivity (Wildman–Crippen MR) is 105 cm³/mol. The van der Waals surface area contributed by atoms with Crippen LogP contribution in [0.15, 0.2) is 42.5 Å². The fraction of sp³-hybridized carbons (Fsp3) is 0.316. The standard InChI is InChI=1S/C19H24N2O5S/c1-14-5-7-16(8-6-14)21(27(4,23)24)10-9-20-19(22)15-11-17(25-2)13-18(12-15)26-3/h5-8,11-13H,9-10H2,1-4H3,(H,20,22). The average Bonchev–Trinajstić information content (AvgIpc) is 2.64. The van der Waals surface area contributed by atoms with Gasteiger partial charge in [0, 0.05) is 18.2 Å². The summed E-state index contributed by atoms with van der Waals surface area (Å²) in [6, 6.07) is 12.0. The Balaban J connectivity index is 2.08. The van der Waals surface area contributed by atoms with Gasteiger partial charge in [0.2, 0.25) is 10.0 Å². The van der Waals surface area contributed by atoms with Crippen molar-refractivity contribution in [2.75, 3.05) is 37.9 Å². The van der Waals surface area contributed by atoms with Gasteiger partial charge in [0.25, 0.3) is 5.91 Å². The third kappa shape index (κ3) is 5.62. The minimum absolute atomic E-state index is 0.120. The van der Waals surface area contributed by atoms with Gasteiger partial charge in [-0.05, 0) is 31.2 Å². The highest BCUT2D eigenvalue weighted by atomic mass is 32.2. The highest BCUT2D eigenvalue weighted by Gasteiger charge is 2.18. The van der Waals surface area contributed by atoms with E-state index in [4.69, 9.17) is 9.47 Å². The smallest absolute Gasteiger partial charge is 0.251 e. The van der Waals surface area contributed by atoms with E-state index in [2.05, 4.69) is 5.32 Å². The number of sulfonamides is 1. The number of carbonyl (C=O) groups is 1. The molecule has 27 heavy (non-hydrogen) atoms. The summed E-state index contributed by atoms with van der Waals surface area (Å²) < 4.78 is 35.8. The van der Waals surface area contributed by atoms with E-state index in [0.717, 1.165) is 11.8 Å². The highest BCUT2D eigenvalue weighted by Crippen LogP contribution is 2.22. The number of benzene rings is 2. The number of anilines is 1. The fourth-order valence-electron chi connectivity index (χ4n) is 2.51. The summed E-state index contributed by atoms with van der Waals surface area (Å²) in [5.74, 6) is 0.651. The van der Waals surface area contributed by atoms with Gasteiger partial charge in [0.1, 0.15) is 11.5 Å². The van der Waals surface area contributed by atoms with Gasteiger partial charge in [-0.2, -0.15) is 0 Å². The summed E-state index contributed by atoms with van der Waals surface area (Å²) >= 11 is 0. The zero-order chi connectivity index (χ0) is 20.0. The van der Waals surface area contributed by atoms with Gasteiger partial charge in [-0.25, -0.2) is 8.42 Å². The number of carbonyl (C=O) groups excluding carboxylic acids is 1. The van der Waals surface area contributed by atoms with Crippen LogP contribution < -0.4 is 19.1 Å². The zero-order valence-corrected chi connectivity index (χ0v) is 16.7. The summed E-state index contributed by atoms with van der Waals surface area (Å²) in [5, 5.41) is 2.73. The number of rotatable bonds is 8. The molecule has 0 aliphatic carbocycles. The molecule has 146 valence electrons. The molecule has 0 spiro atoms. The molecular formula is C19H24N2O5S. The molecule has 1 amide bonds. The van der Waals surface area contributed by atoms with Crippen molar-refractivity contribution in [3.63, 3.8) is 0 Å². The maximum absolute atomic E-state index is 12.4. The van der Waals surface area contributed by atoms with Crippen LogP contribution in [-0.2, 0) is 10.0 Å². The lowest BCUT2D eigenvalue weighted by Gasteiger charge is -2.22. The number of hydrogen-bond acceptors (Lipinski definition) is 5. The van der Waals surface area contributed by atoms with E-state index in [0.29, 0.717) is 22.7 Å². The number of nitrogens with one attached hydrogen (secondary N) is 1. The van der Waals surface area contributed by atoms with Crippen molar-refractivity contribution in [3.05, 3.63) is 53.6 Å². The van der Waals surface area contributed by atoms with Crippen molar-refractivity contribution in [3.8, 4) is 11.5 Å². The summed E-state index contributed by atoms with van der Waals surface area (Å²) in [6.07, 6.45) is 1.14. The Morgan fingerprint density at radius 1 is 1.04 bits per heavy atom. The van der Waals surface area contributed by atoms with Gasteiger partial charge in [-0.15, -0.1) is 0 Å². The molecular weight excluding hydrogens is 368 g/mol. The van der Waals surface area contributed by atoms with Crippen molar-refractivity contribution in [2.45, 2.75) is 6.92 Å². The number of hydrogen-bond donors (Lipinski definition) is 1. The maximum Gasteiger partial charge on any atom is 0.251 e. The molecule has 7 nitrogen and oxygen atoms in total. The van der Waals surface area contributed by atoms with Crippen molar-refractivity contribution < 1.29 is 22.7 Å². The van der Waals surface area contributed by atoms with Gasteiger partial charge < -0.3 is 14.8 Å². The Bertz CT molecular complexity index is 873. The second-order valence-corrected chi connectivity index (χ2v) is 7.93. The Morgan fingerprint density at radius 2 is 1.59 bits per heavy atom. The molecule has 0 heterocycles. The van der Waals surface area contributed by atoms with E-state index >= 15 is 0 Å². The molecule has 0 saturated heterocycles. The third-order valence-electron chi connectivity index (χ3n) is 3.94. The Kier molecular flexibility index (Phi) is 6.68. The number of methoxy groups -OCH3 is 2. The molecule has 0 aromatic heterocycles. The third-order valence-corrected chi connectivity index (χ3v) is 5.13. The van der Waals surface area contributed by atoms with Gasteiger partial charge in [0.15, 0.2) is 0 Å². The minimum atomic E-state index is -3.47. The van der Waals surface area contributed by atoms with Crippen LogP contribution >= 0.6 is 0 Å². The predicted octanol–water partition coefficient (Wildman–Crippen LogP) is 2.21. The second kappa shape index (κ2) is 8.77. The molecule has 8 heteroatoms. The summed E-state index contributed by atoms with van der Waals surface area (Å²) in [5.41, 5.74) is 1.96. The zero-order valence-electron chi connectivity index (χ0n) is 15.9. The van der Waals surface area contributed by atoms with Crippen LogP contribution in [0.5, 0.6) is 11.5 Å². The summed E-state index contributed by atoms with van der Waals surface area (Å²) in [4.78, 5) is 12.4. The van der Waals surface area contributed by atoms with Gasteiger partial charge >= 0.3 is 0 Å². The molecule has 0 saturated carbocycles. The first kappa shape index (κ1) is 20.6. The topological polar surface area (TPSA) is 84.9 Å². The molecule has 0 atom stereocenters. The highest BCUT2D eigenvalue weighted by molar-refractivity contribution is 7.92. The van der Waals surface area contributed by atoms with Crippen molar-refractivity contribution in [1.29, 1.82) is 0 Å². The monoisotopic (exact) mass is 392 g/mol. The van der Waals surface area contributed by atoms with Crippen LogP contribution in [0.4, 0.5) is 5.69 Å². The molecule has 0 radical (unpaired) electrons. The lowest BCUT2D eigenvalue weighted by Crippen LogP contribution is -2.38. The van der Waals surface area contributed by atoms with Crippen LogP contribution in [-0.4, -0.2) is 47.9 Å². The normalized spacial score (nSPS) is 11.0. The van der Waals surface area contributed by atoms with Gasteiger partial charge in [-0.3, -0.25) is 9.10 Å². The first-order valence-electron chi connectivity index (χ1n) is 8.30. The van der Waals surface area contributed by atoms with Crippen molar-refractivity contribution in [1.82, 2.24) is 5.32 Å². The Labute approximate surface area is 160 Å². The molecule has 2 aromatic rings. The second-order valence-electron chi connectivity index (χ2n) is 6.03. The summed E-state index contributed by atoms with van der Waals surface area (Å²) in [6.45, 7) is 2.20. The van der Waals surface area contributed by atoms with Crippen LogP contribution in [0.1, 0.15) is 15.9 Å². The minimum Gasteiger partial charge on any atom is -0.497 e. The molecule has 0 aliphatic rings. The van der Waals surface area contributed by atoms with E-state index in [9.17, 15) is 13.2 Å². The molecule has 2 aromatic carbocycles. The maximum atomic E-state index is 12.4. The van der Waals surface area contributed by atoms with Crippen molar-refractivity contribution in [2.24, 2.45) is 0 Å². The number of ether oxygens (including phenoxy) is 2. The van der Waals surface area contributed by atoms with Crippen LogP contribution in [0.2, 0.25) is 0 Å². The Hall–Kier alpha value is -2.74. The van der Waals surface area contributed by atoms with E-state index < -0.39 is 10.0 Å². The fourth-order valence-corrected chi connectivity index (χ4v) is 3.44. The largest absolute Gasteiger partial charge is 0.497 e. The Morgan fingerprint density at radius 3 is 2.07 bits per heavy atom. The average molecular weight is 392 g/mol. The number of amides is 1. The van der Waals surface area contributed by atoms with E-state index in [1.54, 1.807) is 30.3 Å². The van der Waals surface area contributed by atoms with Crippen LogP contribution in [0.25, 0.3) is 0 Å². The van der Waals surface area contributed by atoms with E-state index in [1.807, 2.05) is 19.1 Å². The number of aryl methyl sites for hydroxylation is 1. The molecule has 0 aliphatic heterocycles. The van der Waals surface area contributed by atoms with Crippen molar-refractivity contribution >= 4 is 21.6 Å². The van der Waals surface area contributed by atoms with E-state index in [-0.39, 0.29) is 19.0 Å². The van der Waals surface area contributed by atoms with E-state index in [1.165, 1.54) is 18.5 Å². The van der Waals surface area contributed by atoms with Gasteiger partial charge in [-0.1, -0.05) is 17.7 Å².